The molecular weight excluding hydrogens is 374 g/mol. The van der Waals surface area contributed by atoms with E-state index in [0.29, 0.717) is 11.4 Å². The van der Waals surface area contributed by atoms with Crippen LogP contribution in [0.3, 0.4) is 0 Å². The Morgan fingerprint density at radius 1 is 0.793 bits per heavy atom. The lowest BCUT2D eigenvalue weighted by molar-refractivity contribution is -0.139. The first-order valence-electron chi connectivity index (χ1n) is 9.66. The number of ether oxygens (including phenoxy) is 3. The highest BCUT2D eigenvalue weighted by Crippen LogP contribution is 2.43. The van der Waals surface area contributed by atoms with Gasteiger partial charge in [0.25, 0.3) is 0 Å². The number of allylic oxidation sites excluding steroid dienone is 2. The molecule has 1 aliphatic heterocycles. The van der Waals surface area contributed by atoms with E-state index < -0.39 is 23.9 Å². The van der Waals surface area contributed by atoms with Crippen molar-refractivity contribution in [3.05, 3.63) is 58.4 Å². The van der Waals surface area contributed by atoms with Crippen LogP contribution in [0.4, 0.5) is 4.79 Å². The van der Waals surface area contributed by atoms with Crippen molar-refractivity contribution in [1.82, 2.24) is 4.90 Å². The Kier molecular flexibility index (Phi) is 7.59. The number of carbonyl (C=O) groups is 3. The molecule has 0 saturated carbocycles. The largest absolute Gasteiger partial charge is 0.463 e. The average Bonchev–Trinajstić information content (AvgIpc) is 2.68. The van der Waals surface area contributed by atoms with Crippen molar-refractivity contribution in [2.24, 2.45) is 0 Å². The maximum Gasteiger partial charge on any atom is 0.418 e. The first-order chi connectivity index (χ1) is 13.9. The molecule has 0 bridgehead atoms. The fraction of sp³-hybridized carbons (Fsp3) is 0.409. The number of hydrogen-bond acceptors (Lipinski definition) is 6. The molecule has 2 rings (SSSR count). The Bertz CT molecular complexity index is 798. The molecule has 0 fully saturated rings. The van der Waals surface area contributed by atoms with Gasteiger partial charge in [0.2, 0.25) is 0 Å². The third-order valence-corrected chi connectivity index (χ3v) is 4.60. The fourth-order valence-electron chi connectivity index (χ4n) is 3.44. The molecule has 0 aliphatic carbocycles. The lowest BCUT2D eigenvalue weighted by Crippen LogP contribution is -2.38. The summed E-state index contributed by atoms with van der Waals surface area (Å²) in [6, 6.07) is 9.14. The summed E-state index contributed by atoms with van der Waals surface area (Å²) in [7, 11) is 0. The Balaban J connectivity index is 2.78. The van der Waals surface area contributed by atoms with E-state index in [9.17, 15) is 14.4 Å². The summed E-state index contributed by atoms with van der Waals surface area (Å²) in [5.74, 6) is -1.91. The molecule has 156 valence electrons. The average molecular weight is 401 g/mol. The van der Waals surface area contributed by atoms with Crippen LogP contribution in [0.15, 0.2) is 52.9 Å². The summed E-state index contributed by atoms with van der Waals surface area (Å²) in [4.78, 5) is 39.7. The summed E-state index contributed by atoms with van der Waals surface area (Å²) in [6.45, 7) is 8.85. The number of carbonyl (C=O) groups excluding carboxylic acids is 3. The second-order valence-electron chi connectivity index (χ2n) is 6.32. The molecule has 0 unspecified atom stereocenters. The van der Waals surface area contributed by atoms with E-state index in [1.807, 2.05) is 30.3 Å². The number of amides is 1. The zero-order chi connectivity index (χ0) is 21.6. The number of esters is 2. The van der Waals surface area contributed by atoms with Gasteiger partial charge in [0.05, 0.1) is 36.9 Å². The maximum absolute atomic E-state index is 12.9. The molecule has 0 aromatic heterocycles. The molecule has 0 spiro atoms. The lowest BCUT2D eigenvalue weighted by Gasteiger charge is -2.35. The van der Waals surface area contributed by atoms with Gasteiger partial charge < -0.3 is 14.2 Å². The van der Waals surface area contributed by atoms with E-state index in [4.69, 9.17) is 14.2 Å². The molecule has 1 aromatic carbocycles. The minimum atomic E-state index is -0.722. The van der Waals surface area contributed by atoms with Crippen LogP contribution in [-0.4, -0.2) is 42.8 Å². The fourth-order valence-corrected chi connectivity index (χ4v) is 3.44. The van der Waals surface area contributed by atoms with E-state index in [1.165, 1.54) is 4.90 Å². The molecule has 7 nitrogen and oxygen atoms in total. The van der Waals surface area contributed by atoms with E-state index in [2.05, 4.69) is 0 Å². The van der Waals surface area contributed by atoms with Crippen molar-refractivity contribution in [2.75, 3.05) is 19.8 Å². The van der Waals surface area contributed by atoms with E-state index in [1.54, 1.807) is 34.6 Å². The topological polar surface area (TPSA) is 82.1 Å². The van der Waals surface area contributed by atoms with Gasteiger partial charge in [-0.2, -0.15) is 0 Å². The third kappa shape index (κ3) is 4.50. The van der Waals surface area contributed by atoms with Crippen molar-refractivity contribution in [1.29, 1.82) is 0 Å². The van der Waals surface area contributed by atoms with Crippen molar-refractivity contribution < 1.29 is 28.6 Å². The van der Waals surface area contributed by atoms with Crippen LogP contribution in [0.2, 0.25) is 0 Å². The molecule has 0 N–H and O–H groups in total. The first kappa shape index (κ1) is 22.2. The highest BCUT2D eigenvalue weighted by Gasteiger charge is 2.42. The van der Waals surface area contributed by atoms with Gasteiger partial charge in [-0.15, -0.1) is 0 Å². The van der Waals surface area contributed by atoms with Crippen molar-refractivity contribution in [2.45, 2.75) is 40.5 Å². The van der Waals surface area contributed by atoms with Crippen LogP contribution in [0, 0.1) is 0 Å². The highest BCUT2D eigenvalue weighted by atomic mass is 16.6. The summed E-state index contributed by atoms with van der Waals surface area (Å²) in [5.41, 5.74) is 1.86. The summed E-state index contributed by atoms with van der Waals surface area (Å²) < 4.78 is 15.7. The van der Waals surface area contributed by atoms with Crippen molar-refractivity contribution >= 4 is 18.0 Å². The summed E-state index contributed by atoms with van der Waals surface area (Å²) >= 11 is 0. The summed E-state index contributed by atoms with van der Waals surface area (Å²) in [6.07, 6.45) is -0.669. The number of hydrogen-bond donors (Lipinski definition) is 0. The predicted octanol–water partition coefficient (Wildman–Crippen LogP) is 3.92. The van der Waals surface area contributed by atoms with Crippen LogP contribution in [0.25, 0.3) is 0 Å². The molecule has 1 amide bonds. The minimum absolute atomic E-state index is 0.154. The smallest absolute Gasteiger partial charge is 0.418 e. The summed E-state index contributed by atoms with van der Waals surface area (Å²) in [5, 5.41) is 0. The van der Waals surface area contributed by atoms with Crippen LogP contribution in [-0.2, 0) is 23.8 Å². The molecule has 29 heavy (non-hydrogen) atoms. The van der Waals surface area contributed by atoms with Crippen LogP contribution in [0.1, 0.15) is 46.1 Å². The molecule has 1 aliphatic rings. The molecular formula is C22H27NO6. The zero-order valence-corrected chi connectivity index (χ0v) is 17.5. The van der Waals surface area contributed by atoms with Gasteiger partial charge in [-0.25, -0.2) is 14.4 Å². The first-order valence-corrected chi connectivity index (χ1v) is 9.66. The molecule has 7 heteroatoms. The SMILES string of the molecule is CCOC(=O)C1=C(C)N(C(=O)OCC)C(C)=C(C(=O)OCC)C1c1ccccc1. The quantitative estimate of drug-likeness (QED) is 0.531. The molecule has 0 saturated heterocycles. The second kappa shape index (κ2) is 9.91. The van der Waals surface area contributed by atoms with Crippen LogP contribution >= 0.6 is 0 Å². The van der Waals surface area contributed by atoms with Crippen molar-refractivity contribution in [3.8, 4) is 0 Å². The Hall–Kier alpha value is -3.09. The van der Waals surface area contributed by atoms with Gasteiger partial charge >= 0.3 is 18.0 Å². The van der Waals surface area contributed by atoms with Crippen LogP contribution < -0.4 is 0 Å². The third-order valence-electron chi connectivity index (χ3n) is 4.60. The molecule has 1 heterocycles. The second-order valence-corrected chi connectivity index (χ2v) is 6.32. The normalized spacial score (nSPS) is 14.7. The van der Waals surface area contributed by atoms with Gasteiger partial charge in [0.15, 0.2) is 0 Å². The monoisotopic (exact) mass is 401 g/mol. The lowest BCUT2D eigenvalue weighted by atomic mass is 9.80. The highest BCUT2D eigenvalue weighted by molar-refractivity contribution is 6.01. The van der Waals surface area contributed by atoms with E-state index in [0.717, 1.165) is 5.56 Å². The number of benzene rings is 1. The zero-order valence-electron chi connectivity index (χ0n) is 17.5. The van der Waals surface area contributed by atoms with Gasteiger partial charge in [0.1, 0.15) is 0 Å². The van der Waals surface area contributed by atoms with Crippen LogP contribution in [0.5, 0.6) is 0 Å². The standard InChI is InChI=1S/C22H27NO6/c1-6-27-20(24)17-14(4)23(22(26)29-8-3)15(5)18(21(25)28-7-2)19(17)16-12-10-9-11-13-16/h9-13,19H,6-8H2,1-5H3. The number of nitrogens with zero attached hydrogens (tertiary/aromatic N) is 1. The van der Waals surface area contributed by atoms with E-state index in [-0.39, 0.29) is 31.0 Å². The van der Waals surface area contributed by atoms with Crippen molar-refractivity contribution in [3.63, 3.8) is 0 Å². The van der Waals surface area contributed by atoms with Gasteiger partial charge in [-0.3, -0.25) is 4.90 Å². The van der Waals surface area contributed by atoms with Gasteiger partial charge in [-0.1, -0.05) is 30.3 Å². The molecule has 0 atom stereocenters. The van der Waals surface area contributed by atoms with Gasteiger partial charge in [-0.05, 0) is 40.2 Å². The van der Waals surface area contributed by atoms with E-state index >= 15 is 0 Å². The Labute approximate surface area is 170 Å². The minimum Gasteiger partial charge on any atom is -0.463 e. The maximum atomic E-state index is 12.9. The predicted molar refractivity (Wildman–Crippen MR) is 107 cm³/mol. The van der Waals surface area contributed by atoms with Gasteiger partial charge in [0, 0.05) is 11.4 Å². The number of rotatable bonds is 6. The Morgan fingerprint density at radius 3 is 1.66 bits per heavy atom. The Morgan fingerprint density at radius 2 is 1.24 bits per heavy atom. The molecule has 0 radical (unpaired) electrons. The molecule has 1 aromatic rings.